The van der Waals surface area contributed by atoms with Gasteiger partial charge in [0, 0.05) is 43.3 Å². The van der Waals surface area contributed by atoms with Crippen molar-refractivity contribution in [3.05, 3.63) is 0 Å². The van der Waals surface area contributed by atoms with E-state index >= 15 is 0 Å². The number of rotatable bonds is 3. The number of nitrogens with zero attached hydrogens (tertiary/aromatic N) is 2. The molecule has 0 aromatic heterocycles. The van der Waals surface area contributed by atoms with Crippen LogP contribution in [0.5, 0.6) is 0 Å². The second-order valence-electron chi connectivity index (χ2n) is 7.63. The van der Waals surface area contributed by atoms with Crippen LogP contribution in [0.25, 0.3) is 0 Å². The van der Waals surface area contributed by atoms with Crippen LogP contribution >= 0.6 is 0 Å². The highest BCUT2D eigenvalue weighted by Gasteiger charge is 2.38. The van der Waals surface area contributed by atoms with Crippen LogP contribution in [0.4, 0.5) is 0 Å². The van der Waals surface area contributed by atoms with Gasteiger partial charge < -0.3 is 10.4 Å². The standard InChI is InChI=1S/C16H33N3O/c1-15(2,3)19-10-8-18(9-11-19)14-6-5-7-16(12-14,13-20)17-4/h14,17,20H,5-13H2,1-4H3. The predicted octanol–water partition coefficient (Wildman–Crippen LogP) is 1.30. The van der Waals surface area contributed by atoms with Gasteiger partial charge in [0.25, 0.3) is 0 Å². The van der Waals surface area contributed by atoms with Crippen molar-refractivity contribution in [3.8, 4) is 0 Å². The first kappa shape index (κ1) is 16.2. The minimum absolute atomic E-state index is 0.0376. The Morgan fingerprint density at radius 3 is 2.35 bits per heavy atom. The topological polar surface area (TPSA) is 38.7 Å². The molecule has 0 aromatic rings. The SMILES string of the molecule is CNC1(CO)CCCC(N2CCN(C(C)(C)C)CC2)C1. The van der Waals surface area contributed by atoms with Crippen LogP contribution in [-0.2, 0) is 0 Å². The Morgan fingerprint density at radius 1 is 1.20 bits per heavy atom. The second kappa shape index (κ2) is 6.30. The zero-order chi connectivity index (χ0) is 14.8. The molecule has 1 aliphatic heterocycles. The summed E-state index contributed by atoms with van der Waals surface area (Å²) in [6.07, 6.45) is 4.72. The summed E-state index contributed by atoms with van der Waals surface area (Å²) < 4.78 is 0. The smallest absolute Gasteiger partial charge is 0.0613 e. The molecule has 2 rings (SSSR count). The Hall–Kier alpha value is -0.160. The maximum atomic E-state index is 9.72. The molecular formula is C16H33N3O. The summed E-state index contributed by atoms with van der Waals surface area (Å²) in [5.41, 5.74) is 0.253. The zero-order valence-electron chi connectivity index (χ0n) is 13.8. The van der Waals surface area contributed by atoms with Crippen molar-refractivity contribution >= 4 is 0 Å². The van der Waals surface area contributed by atoms with E-state index in [9.17, 15) is 5.11 Å². The molecule has 4 nitrogen and oxygen atoms in total. The van der Waals surface area contributed by atoms with Gasteiger partial charge in [0.2, 0.25) is 0 Å². The van der Waals surface area contributed by atoms with Crippen LogP contribution in [0.1, 0.15) is 46.5 Å². The van der Waals surface area contributed by atoms with Crippen molar-refractivity contribution in [1.29, 1.82) is 0 Å². The number of likely N-dealkylation sites (N-methyl/N-ethyl adjacent to an activating group) is 1. The fraction of sp³-hybridized carbons (Fsp3) is 1.00. The molecule has 2 unspecified atom stereocenters. The fourth-order valence-corrected chi connectivity index (χ4v) is 3.85. The summed E-state index contributed by atoms with van der Waals surface area (Å²) in [5.74, 6) is 0. The summed E-state index contributed by atoms with van der Waals surface area (Å²) >= 11 is 0. The third-order valence-electron chi connectivity index (χ3n) is 5.43. The largest absolute Gasteiger partial charge is 0.394 e. The molecule has 1 saturated carbocycles. The van der Waals surface area contributed by atoms with Crippen molar-refractivity contribution in [2.45, 2.75) is 63.6 Å². The molecule has 0 bridgehead atoms. The van der Waals surface area contributed by atoms with Crippen molar-refractivity contribution in [1.82, 2.24) is 15.1 Å². The van der Waals surface area contributed by atoms with Crippen LogP contribution in [0.2, 0.25) is 0 Å². The lowest BCUT2D eigenvalue weighted by atomic mass is 9.78. The fourth-order valence-electron chi connectivity index (χ4n) is 3.85. The highest BCUT2D eigenvalue weighted by Crippen LogP contribution is 2.31. The van der Waals surface area contributed by atoms with E-state index in [4.69, 9.17) is 0 Å². The average Bonchev–Trinajstić information content (AvgIpc) is 2.46. The molecule has 2 atom stereocenters. The summed E-state index contributed by atoms with van der Waals surface area (Å²) in [5, 5.41) is 13.1. The van der Waals surface area contributed by atoms with Crippen molar-refractivity contribution in [2.24, 2.45) is 0 Å². The van der Waals surface area contributed by atoms with Gasteiger partial charge in [0.1, 0.15) is 0 Å². The van der Waals surface area contributed by atoms with E-state index in [1.165, 1.54) is 39.0 Å². The first-order chi connectivity index (χ1) is 9.40. The maximum Gasteiger partial charge on any atom is 0.0613 e. The first-order valence-corrected chi connectivity index (χ1v) is 8.19. The lowest BCUT2D eigenvalue weighted by Gasteiger charge is -2.48. The van der Waals surface area contributed by atoms with Crippen LogP contribution in [0, 0.1) is 0 Å². The molecule has 1 saturated heterocycles. The average molecular weight is 283 g/mol. The minimum Gasteiger partial charge on any atom is -0.394 e. The summed E-state index contributed by atoms with van der Waals surface area (Å²) in [6.45, 7) is 11.9. The van der Waals surface area contributed by atoms with Gasteiger partial charge in [-0.3, -0.25) is 9.80 Å². The molecular weight excluding hydrogens is 250 g/mol. The van der Waals surface area contributed by atoms with Crippen LogP contribution in [0.15, 0.2) is 0 Å². The highest BCUT2D eigenvalue weighted by molar-refractivity contribution is 4.96. The zero-order valence-corrected chi connectivity index (χ0v) is 13.8. The molecule has 2 fully saturated rings. The molecule has 2 N–H and O–H groups in total. The monoisotopic (exact) mass is 283 g/mol. The van der Waals surface area contributed by atoms with Crippen molar-refractivity contribution in [2.75, 3.05) is 39.8 Å². The number of aliphatic hydroxyl groups is 1. The van der Waals surface area contributed by atoms with Crippen LogP contribution in [0.3, 0.4) is 0 Å². The van der Waals surface area contributed by atoms with E-state index in [0.29, 0.717) is 11.6 Å². The lowest BCUT2D eigenvalue weighted by molar-refractivity contribution is 0.0109. The third-order valence-corrected chi connectivity index (χ3v) is 5.43. The first-order valence-electron chi connectivity index (χ1n) is 8.19. The van der Waals surface area contributed by atoms with Crippen LogP contribution in [-0.4, -0.2) is 71.9 Å². The van der Waals surface area contributed by atoms with Gasteiger partial charge in [-0.2, -0.15) is 0 Å². The summed E-state index contributed by atoms with van der Waals surface area (Å²) in [7, 11) is 2.00. The highest BCUT2D eigenvalue weighted by atomic mass is 16.3. The quantitative estimate of drug-likeness (QED) is 0.819. The Labute approximate surface area is 124 Å². The molecule has 0 amide bonds. The molecule has 4 heteroatoms. The van der Waals surface area contributed by atoms with E-state index in [1.54, 1.807) is 0 Å². The van der Waals surface area contributed by atoms with E-state index in [1.807, 2.05) is 7.05 Å². The molecule has 0 aromatic carbocycles. The van der Waals surface area contributed by atoms with Crippen LogP contribution < -0.4 is 5.32 Å². The van der Waals surface area contributed by atoms with Gasteiger partial charge in [-0.15, -0.1) is 0 Å². The normalized spacial score (nSPS) is 34.4. The number of piperazine rings is 1. The minimum atomic E-state index is -0.0376. The third kappa shape index (κ3) is 3.53. The number of hydrogen-bond donors (Lipinski definition) is 2. The number of hydrogen-bond acceptors (Lipinski definition) is 4. The Balaban J connectivity index is 1.90. The Bertz CT molecular complexity index is 301. The summed E-state index contributed by atoms with van der Waals surface area (Å²) in [6, 6.07) is 0.644. The summed E-state index contributed by atoms with van der Waals surface area (Å²) in [4.78, 5) is 5.24. The van der Waals surface area contributed by atoms with Crippen molar-refractivity contribution < 1.29 is 5.11 Å². The maximum absolute atomic E-state index is 9.72. The molecule has 0 spiro atoms. The van der Waals surface area contributed by atoms with E-state index < -0.39 is 0 Å². The molecule has 2 aliphatic rings. The molecule has 118 valence electrons. The lowest BCUT2D eigenvalue weighted by Crippen LogP contribution is -2.59. The van der Waals surface area contributed by atoms with Gasteiger partial charge in [-0.25, -0.2) is 0 Å². The van der Waals surface area contributed by atoms with Gasteiger partial charge in [0.15, 0.2) is 0 Å². The Kier molecular flexibility index (Phi) is 5.11. The van der Waals surface area contributed by atoms with E-state index in [0.717, 1.165) is 12.8 Å². The molecule has 0 radical (unpaired) electrons. The van der Waals surface area contributed by atoms with Gasteiger partial charge in [-0.05, 0) is 53.5 Å². The number of aliphatic hydroxyl groups excluding tert-OH is 1. The van der Waals surface area contributed by atoms with Crippen molar-refractivity contribution in [3.63, 3.8) is 0 Å². The number of nitrogens with one attached hydrogen (secondary N) is 1. The Morgan fingerprint density at radius 2 is 1.85 bits per heavy atom. The van der Waals surface area contributed by atoms with Gasteiger partial charge in [0.05, 0.1) is 6.61 Å². The molecule has 1 aliphatic carbocycles. The van der Waals surface area contributed by atoms with E-state index in [2.05, 4.69) is 35.9 Å². The predicted molar refractivity (Wildman–Crippen MR) is 84.0 cm³/mol. The molecule has 20 heavy (non-hydrogen) atoms. The molecule has 1 heterocycles. The van der Waals surface area contributed by atoms with Gasteiger partial charge >= 0.3 is 0 Å². The van der Waals surface area contributed by atoms with E-state index in [-0.39, 0.29) is 12.1 Å². The van der Waals surface area contributed by atoms with Gasteiger partial charge in [-0.1, -0.05) is 0 Å². The second-order valence-corrected chi connectivity index (χ2v) is 7.63.